The van der Waals surface area contributed by atoms with Gasteiger partial charge in [-0.15, -0.1) is 0 Å². The number of amides is 2. The Balaban J connectivity index is 2.00. The topological polar surface area (TPSA) is 201 Å². The second-order valence-electron chi connectivity index (χ2n) is 8.37. The number of aromatic nitrogens is 1. The van der Waals surface area contributed by atoms with Crippen LogP contribution in [-0.4, -0.2) is 41.4 Å². The number of hydrogen-bond donors (Lipinski definition) is 5. The van der Waals surface area contributed by atoms with Crippen LogP contribution in [0.4, 0.5) is 11.4 Å². The summed E-state index contributed by atoms with van der Waals surface area (Å²) in [4.78, 5) is 50.6. The number of hydrogen-bond acceptors (Lipinski definition) is 9. The third kappa shape index (κ3) is 7.02. The van der Waals surface area contributed by atoms with Crippen molar-refractivity contribution < 1.29 is 28.6 Å². The van der Waals surface area contributed by atoms with Gasteiger partial charge in [-0.2, -0.15) is 0 Å². The predicted molar refractivity (Wildman–Crippen MR) is 146 cm³/mol. The fraction of sp³-hybridized carbons (Fsp3) is 0.222. The van der Waals surface area contributed by atoms with Crippen molar-refractivity contribution in [1.29, 1.82) is 5.41 Å². The summed E-state index contributed by atoms with van der Waals surface area (Å²) < 4.78 is 17.4. The van der Waals surface area contributed by atoms with Crippen molar-refractivity contribution in [2.45, 2.75) is 26.3 Å². The van der Waals surface area contributed by atoms with Crippen LogP contribution in [-0.2, 0) is 36.3 Å². The SMILES string of the molecule is CCO[C@](OC(C)=O)(C(=O)NCc1ccc(C(=N)N)cc1OCC(N)=O)n1cccc(Nc2ccccc2)c1=O. The molecule has 1 aromatic heterocycles. The maximum atomic E-state index is 13.7. The van der Waals surface area contributed by atoms with E-state index in [1.54, 1.807) is 31.2 Å². The Labute approximate surface area is 229 Å². The average Bonchev–Trinajstić information content (AvgIpc) is 2.91. The van der Waals surface area contributed by atoms with E-state index in [9.17, 15) is 19.2 Å². The first kappa shape index (κ1) is 29.4. The van der Waals surface area contributed by atoms with Gasteiger partial charge in [-0.3, -0.25) is 24.6 Å². The molecule has 0 unspecified atom stereocenters. The Morgan fingerprint density at radius 3 is 2.40 bits per heavy atom. The number of nitrogens with zero attached hydrogens (tertiary/aromatic N) is 1. The number of rotatable bonds is 13. The lowest BCUT2D eigenvalue weighted by Gasteiger charge is -2.32. The summed E-state index contributed by atoms with van der Waals surface area (Å²) in [5, 5.41) is 13.2. The minimum absolute atomic E-state index is 0.0969. The summed E-state index contributed by atoms with van der Waals surface area (Å²) in [5.74, 6) is -5.20. The van der Waals surface area contributed by atoms with Gasteiger partial charge in [-0.25, -0.2) is 4.57 Å². The van der Waals surface area contributed by atoms with Crippen LogP contribution in [0.1, 0.15) is 25.0 Å². The van der Waals surface area contributed by atoms with Crippen molar-refractivity contribution >= 4 is 35.0 Å². The highest BCUT2D eigenvalue weighted by atomic mass is 16.7. The van der Waals surface area contributed by atoms with Crippen molar-refractivity contribution in [2.24, 2.45) is 11.5 Å². The molecule has 40 heavy (non-hydrogen) atoms. The highest BCUT2D eigenvalue weighted by Crippen LogP contribution is 2.24. The van der Waals surface area contributed by atoms with Gasteiger partial charge in [0.1, 0.15) is 17.3 Å². The molecule has 0 aliphatic carbocycles. The zero-order valence-corrected chi connectivity index (χ0v) is 21.9. The predicted octanol–water partition coefficient (Wildman–Crippen LogP) is 1.27. The molecule has 210 valence electrons. The molecule has 1 heterocycles. The Hall–Kier alpha value is -5.17. The molecular weight excluding hydrogens is 520 g/mol. The molecule has 0 bridgehead atoms. The average molecular weight is 551 g/mol. The number of para-hydroxylation sites is 1. The van der Waals surface area contributed by atoms with E-state index >= 15 is 0 Å². The minimum atomic E-state index is -2.50. The van der Waals surface area contributed by atoms with Crippen molar-refractivity contribution in [2.75, 3.05) is 18.5 Å². The molecule has 0 saturated carbocycles. The normalized spacial score (nSPS) is 12.1. The zero-order valence-electron chi connectivity index (χ0n) is 21.9. The van der Waals surface area contributed by atoms with E-state index in [2.05, 4.69) is 10.6 Å². The van der Waals surface area contributed by atoms with Gasteiger partial charge >= 0.3 is 17.8 Å². The van der Waals surface area contributed by atoms with Gasteiger partial charge in [0, 0.05) is 36.5 Å². The van der Waals surface area contributed by atoms with Crippen LogP contribution in [0, 0.1) is 5.41 Å². The van der Waals surface area contributed by atoms with Crippen LogP contribution in [0.25, 0.3) is 0 Å². The summed E-state index contributed by atoms with van der Waals surface area (Å²) in [6, 6.07) is 16.3. The Morgan fingerprint density at radius 2 is 1.77 bits per heavy atom. The molecule has 2 amide bonds. The molecular formula is C27H30N6O7. The summed E-state index contributed by atoms with van der Waals surface area (Å²) in [6.07, 6.45) is 1.26. The molecule has 13 heteroatoms. The Kier molecular flexibility index (Phi) is 9.60. The summed E-state index contributed by atoms with van der Waals surface area (Å²) in [7, 11) is 0. The summed E-state index contributed by atoms with van der Waals surface area (Å²) >= 11 is 0. The van der Waals surface area contributed by atoms with Gasteiger partial charge in [0.2, 0.25) is 0 Å². The lowest BCUT2D eigenvalue weighted by atomic mass is 10.1. The number of carbonyl (C=O) groups is 3. The fourth-order valence-corrected chi connectivity index (χ4v) is 3.70. The van der Waals surface area contributed by atoms with Crippen molar-refractivity contribution in [1.82, 2.24) is 9.88 Å². The molecule has 0 spiro atoms. The van der Waals surface area contributed by atoms with Gasteiger partial charge in [0.05, 0.1) is 6.61 Å². The Morgan fingerprint density at radius 1 is 1.05 bits per heavy atom. The monoisotopic (exact) mass is 550 g/mol. The maximum Gasteiger partial charge on any atom is 0.387 e. The number of pyridine rings is 1. The first-order valence-corrected chi connectivity index (χ1v) is 12.1. The fourth-order valence-electron chi connectivity index (χ4n) is 3.70. The second kappa shape index (κ2) is 13.1. The third-order valence-corrected chi connectivity index (χ3v) is 5.41. The number of benzene rings is 2. The number of anilines is 2. The number of amidine groups is 1. The van der Waals surface area contributed by atoms with Crippen LogP contribution in [0.15, 0.2) is 71.7 Å². The van der Waals surface area contributed by atoms with E-state index in [0.717, 1.165) is 11.5 Å². The van der Waals surface area contributed by atoms with Crippen LogP contribution in [0.5, 0.6) is 5.75 Å². The maximum absolute atomic E-state index is 13.7. The van der Waals surface area contributed by atoms with Gasteiger partial charge < -0.3 is 36.3 Å². The van der Waals surface area contributed by atoms with E-state index in [0.29, 0.717) is 16.8 Å². The number of primary amides is 1. The quantitative estimate of drug-likeness (QED) is 0.0899. The standard InChI is InChI=1S/C27H30N6O7/c1-3-39-27(40-17(2)34,33-13-7-10-21(25(33)36)32-20-8-5-4-6-9-20)26(37)31-15-19-12-11-18(24(29)30)14-22(19)38-16-23(28)35/h4-14,32H,3,15-16H2,1-2H3,(H2,28,35)(H3,29,30)(H,31,37)/t27-/m0/s1. The van der Waals surface area contributed by atoms with E-state index < -0.39 is 35.9 Å². The first-order valence-electron chi connectivity index (χ1n) is 12.1. The number of nitrogens with two attached hydrogens (primary N) is 2. The second-order valence-corrected chi connectivity index (χ2v) is 8.37. The first-order chi connectivity index (χ1) is 19.1. The smallest absolute Gasteiger partial charge is 0.387 e. The van der Waals surface area contributed by atoms with Crippen LogP contribution < -0.4 is 32.4 Å². The molecule has 1 atom stereocenters. The number of carbonyl (C=O) groups excluding carboxylic acids is 3. The highest BCUT2D eigenvalue weighted by Gasteiger charge is 2.47. The summed E-state index contributed by atoms with van der Waals surface area (Å²) in [6.45, 7) is 1.87. The lowest BCUT2D eigenvalue weighted by Crippen LogP contribution is -2.56. The number of esters is 1. The van der Waals surface area contributed by atoms with Crippen molar-refractivity contribution in [3.05, 3.63) is 88.3 Å². The third-order valence-electron chi connectivity index (χ3n) is 5.41. The molecule has 3 aromatic rings. The van der Waals surface area contributed by atoms with E-state index in [1.807, 2.05) is 6.07 Å². The molecule has 7 N–H and O–H groups in total. The molecule has 2 aromatic carbocycles. The van der Waals surface area contributed by atoms with Gasteiger partial charge in [-0.05, 0) is 37.3 Å². The molecule has 0 aliphatic rings. The molecule has 13 nitrogen and oxygen atoms in total. The zero-order chi connectivity index (χ0) is 29.3. The van der Waals surface area contributed by atoms with E-state index in [-0.39, 0.29) is 30.4 Å². The number of nitrogen functional groups attached to an aromatic ring is 1. The molecule has 0 radical (unpaired) electrons. The summed E-state index contributed by atoms with van der Waals surface area (Å²) in [5.41, 5.74) is 11.4. The van der Waals surface area contributed by atoms with E-state index in [4.69, 9.17) is 31.1 Å². The van der Waals surface area contributed by atoms with Crippen molar-refractivity contribution in [3.63, 3.8) is 0 Å². The molecule has 0 fully saturated rings. The lowest BCUT2D eigenvalue weighted by molar-refractivity contribution is -0.264. The number of ether oxygens (including phenoxy) is 3. The highest BCUT2D eigenvalue weighted by molar-refractivity contribution is 5.95. The molecule has 3 rings (SSSR count). The molecule has 0 aliphatic heterocycles. The van der Waals surface area contributed by atoms with Crippen LogP contribution >= 0.6 is 0 Å². The Bertz CT molecular complexity index is 1460. The number of nitrogens with one attached hydrogen (secondary N) is 3. The van der Waals surface area contributed by atoms with Gasteiger partial charge in [-0.1, -0.05) is 30.3 Å². The van der Waals surface area contributed by atoms with E-state index in [1.165, 1.54) is 36.5 Å². The molecule has 0 saturated heterocycles. The van der Waals surface area contributed by atoms with Crippen molar-refractivity contribution in [3.8, 4) is 5.75 Å². The van der Waals surface area contributed by atoms with Gasteiger partial charge in [0.15, 0.2) is 6.61 Å². The minimum Gasteiger partial charge on any atom is -0.483 e. The largest absolute Gasteiger partial charge is 0.483 e. The van der Waals surface area contributed by atoms with Crippen LogP contribution in [0.3, 0.4) is 0 Å². The van der Waals surface area contributed by atoms with Gasteiger partial charge in [0.25, 0.3) is 11.5 Å². The van der Waals surface area contributed by atoms with Crippen LogP contribution in [0.2, 0.25) is 0 Å².